The van der Waals surface area contributed by atoms with Crippen molar-refractivity contribution in [1.29, 1.82) is 0 Å². The zero-order valence-corrected chi connectivity index (χ0v) is 8.55. The highest BCUT2D eigenvalue weighted by molar-refractivity contribution is 6.09. The molecule has 0 atom stereocenters. The molecule has 0 aromatic carbocycles. The number of nitrogens with zero attached hydrogens (tertiary/aromatic N) is 1. The van der Waals surface area contributed by atoms with E-state index in [1.807, 2.05) is 20.8 Å². The van der Waals surface area contributed by atoms with Crippen molar-refractivity contribution >= 4 is 11.7 Å². The lowest BCUT2D eigenvalue weighted by Crippen LogP contribution is -2.45. The van der Waals surface area contributed by atoms with Crippen LogP contribution in [0.2, 0.25) is 0 Å². The van der Waals surface area contributed by atoms with Gasteiger partial charge in [0.2, 0.25) is 5.91 Å². The van der Waals surface area contributed by atoms with Crippen LogP contribution in [0.15, 0.2) is 11.8 Å². The monoisotopic (exact) mass is 181 g/mol. The maximum absolute atomic E-state index is 11.5. The minimum Gasteiger partial charge on any atom is -0.313 e. The van der Waals surface area contributed by atoms with Crippen molar-refractivity contribution in [3.8, 4) is 0 Å². The average Bonchev–Trinajstić information content (AvgIpc) is 1.94. The smallest absolute Gasteiger partial charge is 0.234 e. The molecule has 0 unspecified atom stereocenters. The lowest BCUT2D eigenvalue weighted by atomic mass is 10.00. The van der Waals surface area contributed by atoms with Crippen molar-refractivity contribution in [2.75, 3.05) is 0 Å². The van der Waals surface area contributed by atoms with Gasteiger partial charge in [-0.15, -0.1) is 0 Å². The second-order valence-electron chi connectivity index (χ2n) is 4.35. The quantitative estimate of drug-likeness (QED) is 0.531. The molecule has 72 valence electrons. The van der Waals surface area contributed by atoms with Crippen LogP contribution in [0, 0.1) is 0 Å². The summed E-state index contributed by atoms with van der Waals surface area (Å²) in [6.45, 7) is 7.59. The second-order valence-corrected chi connectivity index (χ2v) is 4.35. The third-order valence-corrected chi connectivity index (χ3v) is 2.07. The average molecular weight is 181 g/mol. The summed E-state index contributed by atoms with van der Waals surface area (Å²) in [6.07, 6.45) is 1.66. The molecule has 3 heteroatoms. The van der Waals surface area contributed by atoms with Crippen molar-refractivity contribution in [3.63, 3.8) is 0 Å². The molecule has 0 fully saturated rings. The van der Waals surface area contributed by atoms with Crippen LogP contribution in [0.1, 0.15) is 34.1 Å². The topological polar surface area (TPSA) is 37.4 Å². The number of allylic oxidation sites excluding steroid dienone is 1. The van der Waals surface area contributed by atoms with Crippen molar-refractivity contribution in [2.45, 2.75) is 39.7 Å². The summed E-state index contributed by atoms with van der Waals surface area (Å²) in [5.74, 6) is -0.173. The molecule has 0 N–H and O–H groups in total. The molecule has 1 heterocycles. The predicted octanol–water partition coefficient (Wildman–Crippen LogP) is 1.49. The zero-order chi connectivity index (χ0) is 10.2. The van der Waals surface area contributed by atoms with E-state index < -0.39 is 0 Å². The van der Waals surface area contributed by atoms with E-state index in [-0.39, 0.29) is 23.7 Å². The first-order valence-electron chi connectivity index (χ1n) is 4.36. The molecule has 0 aromatic rings. The summed E-state index contributed by atoms with van der Waals surface area (Å²) in [4.78, 5) is 24.2. The molecule has 0 radical (unpaired) electrons. The minimum atomic E-state index is -0.237. The Hall–Kier alpha value is -1.12. The van der Waals surface area contributed by atoms with Gasteiger partial charge in [0.15, 0.2) is 5.78 Å². The maximum atomic E-state index is 11.5. The summed E-state index contributed by atoms with van der Waals surface area (Å²) in [5, 5.41) is 0. The van der Waals surface area contributed by atoms with Gasteiger partial charge in [0.05, 0.1) is 6.42 Å². The van der Waals surface area contributed by atoms with Crippen molar-refractivity contribution < 1.29 is 9.59 Å². The van der Waals surface area contributed by atoms with Crippen LogP contribution in [0.25, 0.3) is 0 Å². The number of hydrogen-bond acceptors (Lipinski definition) is 2. The summed E-state index contributed by atoms with van der Waals surface area (Å²) < 4.78 is 0. The first-order chi connectivity index (χ1) is 5.82. The highest BCUT2D eigenvalue weighted by Crippen LogP contribution is 2.21. The number of carbonyl (C=O) groups excluding carboxylic acids is 2. The Balaban J connectivity index is 3.01. The Morgan fingerprint density at radius 2 is 1.85 bits per heavy atom. The number of amides is 1. The minimum absolute atomic E-state index is 0.0135. The van der Waals surface area contributed by atoms with Crippen LogP contribution >= 0.6 is 0 Å². The zero-order valence-electron chi connectivity index (χ0n) is 8.55. The van der Waals surface area contributed by atoms with Crippen LogP contribution in [-0.2, 0) is 9.59 Å². The molecular weight excluding hydrogens is 166 g/mol. The normalized spacial score (nSPS) is 19.1. The fourth-order valence-electron chi connectivity index (χ4n) is 1.27. The fourth-order valence-corrected chi connectivity index (χ4v) is 1.27. The number of carbonyl (C=O) groups is 2. The molecule has 1 rings (SSSR count). The molecule has 1 aliphatic heterocycles. The van der Waals surface area contributed by atoms with E-state index >= 15 is 0 Å². The first kappa shape index (κ1) is 9.96. The summed E-state index contributed by atoms with van der Waals surface area (Å²) >= 11 is 0. The van der Waals surface area contributed by atoms with E-state index in [1.54, 1.807) is 18.0 Å². The summed E-state index contributed by atoms with van der Waals surface area (Å²) in [5.41, 5.74) is 0.425. The second kappa shape index (κ2) is 2.98. The molecular formula is C10H15NO2. The fraction of sp³-hybridized carbons (Fsp3) is 0.600. The van der Waals surface area contributed by atoms with Crippen LogP contribution < -0.4 is 0 Å². The van der Waals surface area contributed by atoms with Crippen LogP contribution in [0.5, 0.6) is 0 Å². The van der Waals surface area contributed by atoms with Crippen molar-refractivity contribution in [2.24, 2.45) is 0 Å². The van der Waals surface area contributed by atoms with Gasteiger partial charge < -0.3 is 4.90 Å². The summed E-state index contributed by atoms with van der Waals surface area (Å²) in [6, 6.07) is 0. The highest BCUT2D eigenvalue weighted by atomic mass is 16.2. The molecule has 0 bridgehead atoms. The van der Waals surface area contributed by atoms with Crippen LogP contribution in [0.3, 0.4) is 0 Å². The molecule has 0 aliphatic carbocycles. The molecule has 3 nitrogen and oxygen atoms in total. The van der Waals surface area contributed by atoms with E-state index in [0.29, 0.717) is 5.57 Å². The Morgan fingerprint density at radius 1 is 1.31 bits per heavy atom. The van der Waals surface area contributed by atoms with Gasteiger partial charge in [0.25, 0.3) is 0 Å². The molecule has 0 aromatic heterocycles. The van der Waals surface area contributed by atoms with Gasteiger partial charge in [-0.2, -0.15) is 0 Å². The van der Waals surface area contributed by atoms with Gasteiger partial charge in [0.1, 0.15) is 0 Å². The molecule has 13 heavy (non-hydrogen) atoms. The van der Waals surface area contributed by atoms with E-state index in [4.69, 9.17) is 0 Å². The molecule has 0 saturated carbocycles. The Morgan fingerprint density at radius 3 is 2.31 bits per heavy atom. The lowest BCUT2D eigenvalue weighted by molar-refractivity contribution is -0.136. The Bertz CT molecular complexity index is 284. The van der Waals surface area contributed by atoms with Gasteiger partial charge in [-0.05, 0) is 27.7 Å². The van der Waals surface area contributed by atoms with Crippen LogP contribution in [0.4, 0.5) is 0 Å². The van der Waals surface area contributed by atoms with Gasteiger partial charge in [-0.3, -0.25) is 9.59 Å². The van der Waals surface area contributed by atoms with E-state index in [2.05, 4.69) is 0 Å². The Labute approximate surface area is 78.4 Å². The number of rotatable bonds is 0. The standard InChI is InChI=1S/C10H15NO2/c1-7-6-11(10(2,3)4)9(13)5-8(7)12/h6H,5H2,1-4H3. The van der Waals surface area contributed by atoms with Crippen LogP contribution in [-0.4, -0.2) is 22.1 Å². The van der Waals surface area contributed by atoms with E-state index in [1.165, 1.54) is 0 Å². The maximum Gasteiger partial charge on any atom is 0.234 e. The Kier molecular flexibility index (Phi) is 2.28. The molecule has 1 aliphatic rings. The van der Waals surface area contributed by atoms with Gasteiger partial charge in [0, 0.05) is 17.3 Å². The predicted molar refractivity (Wildman–Crippen MR) is 50.0 cm³/mol. The SMILES string of the molecule is CC1=CN(C(C)(C)C)C(=O)CC1=O. The third kappa shape index (κ3) is 1.97. The molecule has 1 amide bonds. The van der Waals surface area contributed by atoms with Gasteiger partial charge in [-0.1, -0.05) is 0 Å². The van der Waals surface area contributed by atoms with Gasteiger partial charge >= 0.3 is 0 Å². The van der Waals surface area contributed by atoms with E-state index in [0.717, 1.165) is 0 Å². The van der Waals surface area contributed by atoms with Crippen molar-refractivity contribution in [1.82, 2.24) is 4.90 Å². The number of Topliss-reactive ketones (excluding diaryl/α,β-unsaturated/α-hetero) is 1. The molecule has 0 saturated heterocycles. The lowest BCUT2D eigenvalue weighted by Gasteiger charge is -2.35. The molecule has 0 spiro atoms. The van der Waals surface area contributed by atoms with Crippen molar-refractivity contribution in [3.05, 3.63) is 11.8 Å². The van der Waals surface area contributed by atoms with Gasteiger partial charge in [-0.25, -0.2) is 0 Å². The third-order valence-electron chi connectivity index (χ3n) is 2.07. The first-order valence-corrected chi connectivity index (χ1v) is 4.36. The largest absolute Gasteiger partial charge is 0.313 e. The number of ketones is 1. The summed E-state index contributed by atoms with van der Waals surface area (Å²) in [7, 11) is 0. The van der Waals surface area contributed by atoms with E-state index in [9.17, 15) is 9.59 Å². The highest BCUT2D eigenvalue weighted by Gasteiger charge is 2.30. The number of hydrogen-bond donors (Lipinski definition) is 0.